The quantitative estimate of drug-likeness (QED) is 0.437. The van der Waals surface area contributed by atoms with Gasteiger partial charge in [0.1, 0.15) is 12.3 Å². The molecule has 9 heteroatoms. The first-order valence-corrected chi connectivity index (χ1v) is 10.5. The van der Waals surface area contributed by atoms with E-state index in [-0.39, 0.29) is 18.2 Å². The van der Waals surface area contributed by atoms with Crippen molar-refractivity contribution in [2.24, 2.45) is 0 Å². The van der Waals surface area contributed by atoms with Crippen molar-refractivity contribution in [1.29, 1.82) is 0 Å². The SMILES string of the molecule is CCC(O)COc1cccc(C(=O)Nc2c(C)nc3ccc(-c4ccccc4Cl)nn23)n1. The van der Waals surface area contributed by atoms with E-state index in [0.717, 1.165) is 5.56 Å². The zero-order valence-corrected chi connectivity index (χ0v) is 18.4. The first kappa shape index (κ1) is 21.7. The predicted octanol–water partition coefficient (Wildman–Crippen LogP) is 4.16. The number of imidazole rings is 1. The molecule has 2 N–H and O–H groups in total. The van der Waals surface area contributed by atoms with Crippen molar-refractivity contribution in [1.82, 2.24) is 19.6 Å². The molecule has 0 spiro atoms. The van der Waals surface area contributed by atoms with Crippen LogP contribution in [0.4, 0.5) is 5.82 Å². The Kier molecular flexibility index (Phi) is 6.34. The number of anilines is 1. The highest BCUT2D eigenvalue weighted by atomic mass is 35.5. The number of amides is 1. The van der Waals surface area contributed by atoms with Crippen LogP contribution in [0.25, 0.3) is 16.9 Å². The number of nitrogens with one attached hydrogen (secondary N) is 1. The molecule has 4 rings (SSSR count). The molecule has 4 aromatic rings. The Bertz CT molecular complexity index is 1270. The molecule has 0 saturated carbocycles. The summed E-state index contributed by atoms with van der Waals surface area (Å²) in [5.74, 6) is 0.272. The number of halogens is 1. The van der Waals surface area contributed by atoms with Crippen LogP contribution in [0.2, 0.25) is 5.02 Å². The largest absolute Gasteiger partial charge is 0.475 e. The number of aliphatic hydroxyl groups excluding tert-OH is 1. The van der Waals surface area contributed by atoms with Crippen LogP contribution in [0.1, 0.15) is 29.5 Å². The Morgan fingerprint density at radius 1 is 1.16 bits per heavy atom. The van der Waals surface area contributed by atoms with Crippen LogP contribution in [0, 0.1) is 6.92 Å². The molecule has 0 aliphatic rings. The molecule has 0 aliphatic carbocycles. The van der Waals surface area contributed by atoms with E-state index in [2.05, 4.69) is 20.4 Å². The molecular weight excluding hydrogens is 430 g/mol. The fourth-order valence-corrected chi connectivity index (χ4v) is 3.32. The second-order valence-electron chi connectivity index (χ2n) is 7.20. The molecule has 1 aromatic carbocycles. The molecule has 164 valence electrons. The van der Waals surface area contributed by atoms with Crippen molar-refractivity contribution in [3.63, 3.8) is 0 Å². The molecule has 1 unspecified atom stereocenters. The first-order valence-electron chi connectivity index (χ1n) is 10.2. The number of carbonyl (C=O) groups excluding carboxylic acids is 1. The number of aliphatic hydroxyl groups is 1. The van der Waals surface area contributed by atoms with E-state index >= 15 is 0 Å². The summed E-state index contributed by atoms with van der Waals surface area (Å²) in [5, 5.41) is 17.7. The molecule has 0 bridgehead atoms. The van der Waals surface area contributed by atoms with Crippen LogP contribution in [0.3, 0.4) is 0 Å². The first-order chi connectivity index (χ1) is 15.5. The lowest BCUT2D eigenvalue weighted by Crippen LogP contribution is -2.19. The van der Waals surface area contributed by atoms with Gasteiger partial charge in [0.25, 0.3) is 5.91 Å². The number of aryl methyl sites for hydroxylation is 1. The van der Waals surface area contributed by atoms with Crippen molar-refractivity contribution in [3.05, 3.63) is 71.0 Å². The van der Waals surface area contributed by atoms with E-state index in [1.54, 1.807) is 35.7 Å². The number of carbonyl (C=O) groups is 1. The molecule has 1 amide bonds. The number of ether oxygens (including phenoxy) is 1. The van der Waals surface area contributed by atoms with Gasteiger partial charge in [-0.2, -0.15) is 9.61 Å². The van der Waals surface area contributed by atoms with Crippen LogP contribution in [-0.4, -0.2) is 43.3 Å². The average molecular weight is 452 g/mol. The maximum absolute atomic E-state index is 12.9. The lowest BCUT2D eigenvalue weighted by atomic mass is 10.1. The molecular formula is C23H22ClN5O3. The van der Waals surface area contributed by atoms with E-state index in [1.807, 2.05) is 37.3 Å². The van der Waals surface area contributed by atoms with E-state index in [9.17, 15) is 9.90 Å². The third kappa shape index (κ3) is 4.56. The number of hydrogen-bond donors (Lipinski definition) is 2. The standard InChI is InChI=1S/C23H22ClN5O3/c1-3-15(30)13-32-21-10-6-9-19(26-21)23(31)27-22-14(2)25-20-12-11-18(28-29(20)22)16-7-4-5-8-17(16)24/h4-12,15,30H,3,13H2,1-2H3,(H,27,31). The van der Waals surface area contributed by atoms with Crippen LogP contribution in [-0.2, 0) is 0 Å². The molecule has 3 aromatic heterocycles. The van der Waals surface area contributed by atoms with Crippen LogP contribution in [0.5, 0.6) is 5.88 Å². The van der Waals surface area contributed by atoms with E-state index < -0.39 is 12.0 Å². The van der Waals surface area contributed by atoms with Gasteiger partial charge in [-0.15, -0.1) is 0 Å². The van der Waals surface area contributed by atoms with Crippen molar-refractivity contribution in [2.45, 2.75) is 26.4 Å². The van der Waals surface area contributed by atoms with Gasteiger partial charge in [0, 0.05) is 11.6 Å². The summed E-state index contributed by atoms with van der Waals surface area (Å²) in [4.78, 5) is 21.6. The molecule has 0 fully saturated rings. The summed E-state index contributed by atoms with van der Waals surface area (Å²) in [5.41, 5.74) is 2.80. The maximum atomic E-state index is 12.9. The Morgan fingerprint density at radius 2 is 1.97 bits per heavy atom. The number of rotatable bonds is 7. The van der Waals surface area contributed by atoms with Crippen molar-refractivity contribution in [3.8, 4) is 17.1 Å². The maximum Gasteiger partial charge on any atom is 0.275 e. The summed E-state index contributed by atoms with van der Waals surface area (Å²) in [7, 11) is 0. The number of fused-ring (bicyclic) bond motifs is 1. The second-order valence-corrected chi connectivity index (χ2v) is 7.61. The number of aromatic nitrogens is 4. The van der Waals surface area contributed by atoms with Gasteiger partial charge in [0.05, 0.1) is 22.5 Å². The molecule has 1 atom stereocenters. The van der Waals surface area contributed by atoms with Gasteiger partial charge in [-0.1, -0.05) is 42.8 Å². The summed E-state index contributed by atoms with van der Waals surface area (Å²) in [6, 6.07) is 16.0. The minimum atomic E-state index is -0.589. The minimum absolute atomic E-state index is 0.107. The van der Waals surface area contributed by atoms with Gasteiger partial charge in [0.2, 0.25) is 5.88 Å². The number of pyridine rings is 1. The van der Waals surface area contributed by atoms with E-state index in [4.69, 9.17) is 16.3 Å². The smallest absolute Gasteiger partial charge is 0.275 e. The monoisotopic (exact) mass is 451 g/mol. The summed E-state index contributed by atoms with van der Waals surface area (Å²) < 4.78 is 7.04. The topological polar surface area (TPSA) is 102 Å². The number of hydrogen-bond acceptors (Lipinski definition) is 6. The normalized spacial score (nSPS) is 12.0. The highest BCUT2D eigenvalue weighted by Crippen LogP contribution is 2.27. The molecule has 3 heterocycles. The molecule has 32 heavy (non-hydrogen) atoms. The van der Waals surface area contributed by atoms with Gasteiger partial charge < -0.3 is 15.2 Å². The zero-order valence-electron chi connectivity index (χ0n) is 17.6. The molecule has 0 saturated heterocycles. The van der Waals surface area contributed by atoms with Crippen molar-refractivity contribution < 1.29 is 14.6 Å². The Labute approximate surface area is 189 Å². The summed E-state index contributed by atoms with van der Waals surface area (Å²) >= 11 is 6.32. The molecule has 0 aliphatic heterocycles. The van der Waals surface area contributed by atoms with Gasteiger partial charge in [-0.3, -0.25) is 4.79 Å². The fourth-order valence-electron chi connectivity index (χ4n) is 3.09. The van der Waals surface area contributed by atoms with Crippen LogP contribution >= 0.6 is 11.6 Å². The van der Waals surface area contributed by atoms with Gasteiger partial charge in [-0.25, -0.2) is 9.97 Å². The zero-order chi connectivity index (χ0) is 22.7. The highest BCUT2D eigenvalue weighted by Gasteiger charge is 2.17. The number of nitrogens with zero attached hydrogens (tertiary/aromatic N) is 4. The van der Waals surface area contributed by atoms with E-state index in [1.165, 1.54) is 0 Å². The van der Waals surface area contributed by atoms with Gasteiger partial charge in [0.15, 0.2) is 11.5 Å². The van der Waals surface area contributed by atoms with E-state index in [0.29, 0.717) is 34.3 Å². The van der Waals surface area contributed by atoms with Crippen molar-refractivity contribution >= 4 is 29.0 Å². The minimum Gasteiger partial charge on any atom is -0.475 e. The lowest BCUT2D eigenvalue weighted by molar-refractivity contribution is 0.0992. The predicted molar refractivity (Wildman–Crippen MR) is 122 cm³/mol. The molecule has 8 nitrogen and oxygen atoms in total. The Morgan fingerprint density at radius 3 is 2.75 bits per heavy atom. The third-order valence-electron chi connectivity index (χ3n) is 4.88. The Balaban J connectivity index is 1.61. The van der Waals surface area contributed by atoms with Crippen LogP contribution in [0.15, 0.2) is 54.6 Å². The van der Waals surface area contributed by atoms with Crippen molar-refractivity contribution in [2.75, 3.05) is 11.9 Å². The summed E-state index contributed by atoms with van der Waals surface area (Å²) in [6.07, 6.45) is -0.0230. The molecule has 0 radical (unpaired) electrons. The lowest BCUT2D eigenvalue weighted by Gasteiger charge is -2.11. The van der Waals surface area contributed by atoms with Gasteiger partial charge in [-0.05, 0) is 37.6 Å². The fraction of sp³-hybridized carbons (Fsp3) is 0.217. The van der Waals surface area contributed by atoms with Crippen LogP contribution < -0.4 is 10.1 Å². The van der Waals surface area contributed by atoms with Gasteiger partial charge >= 0.3 is 0 Å². The Hall–Kier alpha value is -3.49. The third-order valence-corrected chi connectivity index (χ3v) is 5.21. The average Bonchev–Trinajstić information content (AvgIpc) is 3.12. The number of benzene rings is 1. The summed E-state index contributed by atoms with van der Waals surface area (Å²) in [6.45, 7) is 3.75. The highest BCUT2D eigenvalue weighted by molar-refractivity contribution is 6.33. The second kappa shape index (κ2) is 9.33.